The Morgan fingerprint density at radius 3 is 2.67 bits per heavy atom. The number of benzene rings is 1. The normalized spacial score (nSPS) is 23.0. The van der Waals surface area contributed by atoms with E-state index < -0.39 is 17.8 Å². The molecule has 6 nitrogen and oxygen atoms in total. The maximum Gasteiger partial charge on any atom is 0.315 e. The molecule has 0 radical (unpaired) electrons. The number of hydrogen-bond acceptors (Lipinski definition) is 6. The number of phenols is 1. The highest BCUT2D eigenvalue weighted by molar-refractivity contribution is 9.10. The molecule has 1 aromatic rings. The lowest BCUT2D eigenvalue weighted by atomic mass is 9.67. The van der Waals surface area contributed by atoms with Gasteiger partial charge in [-0.25, -0.2) is 0 Å². The van der Waals surface area contributed by atoms with Gasteiger partial charge in [-0.15, -0.1) is 0 Å². The third-order valence-electron chi connectivity index (χ3n) is 5.63. The molecule has 0 bridgehead atoms. The predicted molar refractivity (Wildman–Crippen MR) is 118 cm³/mol. The van der Waals surface area contributed by atoms with Gasteiger partial charge in [0.2, 0.25) is 0 Å². The molecule has 2 atom stereocenters. The van der Waals surface area contributed by atoms with Crippen LogP contribution in [-0.2, 0) is 14.3 Å². The number of methoxy groups -OCH3 is 1. The van der Waals surface area contributed by atoms with Crippen LogP contribution < -0.4 is 4.74 Å². The number of hydrogen-bond donors (Lipinski definition) is 1. The molecule has 1 heterocycles. The summed E-state index contributed by atoms with van der Waals surface area (Å²) in [5, 5.41) is 10.3. The van der Waals surface area contributed by atoms with E-state index in [0.717, 1.165) is 5.70 Å². The number of halogens is 1. The first-order valence-electron chi connectivity index (χ1n) is 10.1. The Morgan fingerprint density at radius 2 is 2.03 bits per heavy atom. The molecule has 30 heavy (non-hydrogen) atoms. The summed E-state index contributed by atoms with van der Waals surface area (Å²) in [4.78, 5) is 31.0. The van der Waals surface area contributed by atoms with Gasteiger partial charge in [-0.1, -0.05) is 20.8 Å². The Bertz CT molecular complexity index is 947. The highest BCUT2D eigenvalue weighted by atomic mass is 79.9. The van der Waals surface area contributed by atoms with Crippen LogP contribution in [0, 0.1) is 11.3 Å². The molecule has 1 N–H and O–H groups in total. The number of Topliss-reactive ketones (excluding diaryl/α,β-unsaturated/α-hetero) is 1. The standard InChI is InChI=1S/C23H28BrNO5/c1-6-7-30-22(28)18-12(2)25-15-10-23(3,4)11-16(26)20(15)19(18)13-8-14(24)21(27)17(9-13)29-5/h8-9,18-19,27H,6-7,10-11H2,1-5H3/t18?,19-/m0/s1. The SMILES string of the molecule is CCCOC(=O)C1C(C)=NC2=C(C(=O)CC(C)(C)C2)[C@H]1c1cc(Br)c(O)c(OC)c1. The minimum Gasteiger partial charge on any atom is -0.503 e. The number of aliphatic imine (C=N–C) groups is 1. The second-order valence-electron chi connectivity index (χ2n) is 8.73. The van der Waals surface area contributed by atoms with Gasteiger partial charge in [-0.3, -0.25) is 14.6 Å². The Hall–Kier alpha value is -2.15. The molecule has 0 aromatic heterocycles. The quantitative estimate of drug-likeness (QED) is 0.607. The summed E-state index contributed by atoms with van der Waals surface area (Å²) < 4.78 is 11.2. The van der Waals surface area contributed by atoms with Gasteiger partial charge in [0, 0.05) is 29.3 Å². The fraction of sp³-hybridized carbons (Fsp3) is 0.522. The van der Waals surface area contributed by atoms with E-state index in [1.54, 1.807) is 12.1 Å². The summed E-state index contributed by atoms with van der Waals surface area (Å²) in [7, 11) is 1.46. The number of phenolic OH excluding ortho intramolecular Hbond substituents is 1. The summed E-state index contributed by atoms with van der Waals surface area (Å²) >= 11 is 3.36. The zero-order valence-electron chi connectivity index (χ0n) is 18.0. The summed E-state index contributed by atoms with van der Waals surface area (Å²) in [6, 6.07) is 3.42. The van der Waals surface area contributed by atoms with Crippen LogP contribution in [0.3, 0.4) is 0 Å². The van der Waals surface area contributed by atoms with E-state index in [2.05, 4.69) is 29.8 Å². The van der Waals surface area contributed by atoms with Crippen LogP contribution in [0.15, 0.2) is 32.9 Å². The second kappa shape index (κ2) is 8.53. The minimum absolute atomic E-state index is 0.000967. The molecule has 162 valence electrons. The predicted octanol–water partition coefficient (Wildman–Crippen LogP) is 4.93. The topological polar surface area (TPSA) is 85.2 Å². The third-order valence-corrected chi connectivity index (χ3v) is 6.24. The number of nitrogens with zero attached hydrogens (tertiary/aromatic N) is 1. The van der Waals surface area contributed by atoms with Crippen LogP contribution >= 0.6 is 15.9 Å². The van der Waals surface area contributed by atoms with E-state index in [4.69, 9.17) is 14.5 Å². The molecule has 1 aliphatic heterocycles. The maximum atomic E-state index is 13.3. The van der Waals surface area contributed by atoms with Gasteiger partial charge in [0.25, 0.3) is 0 Å². The molecular formula is C23H28BrNO5. The first kappa shape index (κ1) is 22.5. The van der Waals surface area contributed by atoms with Crippen molar-refractivity contribution in [3.8, 4) is 11.5 Å². The summed E-state index contributed by atoms with van der Waals surface area (Å²) in [6.45, 7) is 8.16. The molecular weight excluding hydrogens is 450 g/mol. The molecule has 1 aromatic carbocycles. The molecule has 1 unspecified atom stereocenters. The zero-order valence-corrected chi connectivity index (χ0v) is 19.6. The van der Waals surface area contributed by atoms with Gasteiger partial charge in [-0.2, -0.15) is 0 Å². The van der Waals surface area contributed by atoms with Crippen LogP contribution in [0.5, 0.6) is 11.5 Å². The van der Waals surface area contributed by atoms with Crippen molar-refractivity contribution < 1.29 is 24.2 Å². The monoisotopic (exact) mass is 477 g/mol. The highest BCUT2D eigenvalue weighted by Crippen LogP contribution is 2.49. The van der Waals surface area contributed by atoms with Crippen molar-refractivity contribution in [2.45, 2.75) is 52.9 Å². The number of carbonyl (C=O) groups excluding carboxylic acids is 2. The number of esters is 1. The van der Waals surface area contributed by atoms with Crippen molar-refractivity contribution >= 4 is 33.4 Å². The van der Waals surface area contributed by atoms with Crippen LogP contribution in [0.2, 0.25) is 0 Å². The largest absolute Gasteiger partial charge is 0.503 e. The van der Waals surface area contributed by atoms with E-state index in [-0.39, 0.29) is 22.7 Å². The van der Waals surface area contributed by atoms with Crippen molar-refractivity contribution in [2.24, 2.45) is 16.3 Å². The summed E-state index contributed by atoms with van der Waals surface area (Å²) in [6.07, 6.45) is 1.76. The second-order valence-corrected chi connectivity index (χ2v) is 9.59. The molecule has 0 fully saturated rings. The first-order valence-corrected chi connectivity index (χ1v) is 10.9. The lowest BCUT2D eigenvalue weighted by Crippen LogP contribution is -2.39. The molecule has 0 spiro atoms. The van der Waals surface area contributed by atoms with Gasteiger partial charge in [-0.05, 0) is 58.8 Å². The Balaban J connectivity index is 2.20. The van der Waals surface area contributed by atoms with Crippen molar-refractivity contribution in [1.29, 1.82) is 0 Å². The van der Waals surface area contributed by atoms with E-state index >= 15 is 0 Å². The molecule has 1 aliphatic carbocycles. The lowest BCUT2D eigenvalue weighted by molar-refractivity contribution is -0.146. The first-order chi connectivity index (χ1) is 14.1. The lowest BCUT2D eigenvalue weighted by Gasteiger charge is -2.39. The van der Waals surface area contributed by atoms with Crippen LogP contribution in [0.4, 0.5) is 0 Å². The molecule has 0 saturated carbocycles. The van der Waals surface area contributed by atoms with Gasteiger partial charge < -0.3 is 14.6 Å². The van der Waals surface area contributed by atoms with Gasteiger partial charge in [0.05, 0.1) is 18.2 Å². The highest BCUT2D eigenvalue weighted by Gasteiger charge is 2.46. The number of rotatable bonds is 5. The van der Waals surface area contributed by atoms with Gasteiger partial charge >= 0.3 is 5.97 Å². The van der Waals surface area contributed by atoms with Gasteiger partial charge in [0.1, 0.15) is 5.92 Å². The number of ketones is 1. The van der Waals surface area contributed by atoms with Gasteiger partial charge in [0.15, 0.2) is 17.3 Å². The molecule has 2 aliphatic rings. The zero-order chi connectivity index (χ0) is 22.2. The van der Waals surface area contributed by atoms with E-state index in [9.17, 15) is 14.7 Å². The van der Waals surface area contributed by atoms with Crippen LogP contribution in [0.25, 0.3) is 0 Å². The van der Waals surface area contributed by atoms with Crippen molar-refractivity contribution in [2.75, 3.05) is 13.7 Å². The Morgan fingerprint density at radius 1 is 1.33 bits per heavy atom. The van der Waals surface area contributed by atoms with Crippen LogP contribution in [-0.4, -0.2) is 36.3 Å². The third kappa shape index (κ3) is 4.17. The van der Waals surface area contributed by atoms with Crippen molar-refractivity contribution in [1.82, 2.24) is 0 Å². The van der Waals surface area contributed by atoms with E-state index in [0.29, 0.717) is 47.2 Å². The average molecular weight is 478 g/mol. The fourth-order valence-electron chi connectivity index (χ4n) is 4.33. The van der Waals surface area contributed by atoms with Crippen LogP contribution in [0.1, 0.15) is 58.4 Å². The van der Waals surface area contributed by atoms with E-state index in [1.807, 2.05) is 13.8 Å². The van der Waals surface area contributed by atoms with E-state index in [1.165, 1.54) is 7.11 Å². The summed E-state index contributed by atoms with van der Waals surface area (Å²) in [5.41, 5.74) is 2.45. The summed E-state index contributed by atoms with van der Waals surface area (Å²) in [5.74, 6) is -1.41. The average Bonchev–Trinajstić information content (AvgIpc) is 2.66. The Labute approximate surface area is 185 Å². The van der Waals surface area contributed by atoms with Crippen molar-refractivity contribution in [3.63, 3.8) is 0 Å². The number of allylic oxidation sites excluding steroid dienone is 2. The minimum atomic E-state index is -0.707. The number of aromatic hydroxyl groups is 1. The molecule has 3 rings (SSSR count). The maximum absolute atomic E-state index is 13.3. The molecule has 0 amide bonds. The van der Waals surface area contributed by atoms with Crippen molar-refractivity contribution in [3.05, 3.63) is 33.4 Å². The number of carbonyl (C=O) groups is 2. The smallest absolute Gasteiger partial charge is 0.315 e. The molecule has 7 heteroatoms. The fourth-order valence-corrected chi connectivity index (χ4v) is 4.79. The molecule has 0 saturated heterocycles. The number of ether oxygens (including phenoxy) is 2. The Kier molecular flexibility index (Phi) is 6.41.